The highest BCUT2D eigenvalue weighted by molar-refractivity contribution is 6.30. The van der Waals surface area contributed by atoms with Gasteiger partial charge in [0.1, 0.15) is 0 Å². The Hall–Kier alpha value is -4.50. The predicted molar refractivity (Wildman–Crippen MR) is 140 cm³/mol. The molecule has 3 heteroatoms. The number of nitrogens with zero attached hydrogens (tertiary/aromatic N) is 1. The summed E-state index contributed by atoms with van der Waals surface area (Å²) in [6.45, 7) is 2.40. The number of carbonyl (C=O) groups is 2. The van der Waals surface area contributed by atoms with E-state index < -0.39 is 0 Å². The van der Waals surface area contributed by atoms with Gasteiger partial charge in [0.2, 0.25) is 0 Å². The normalized spacial score (nSPS) is 13.3. The van der Waals surface area contributed by atoms with Crippen LogP contribution in [0.25, 0.3) is 11.3 Å². The van der Waals surface area contributed by atoms with Crippen LogP contribution >= 0.6 is 0 Å². The van der Waals surface area contributed by atoms with Crippen LogP contribution in [0.15, 0.2) is 132 Å². The second kappa shape index (κ2) is 9.78. The molecule has 0 fully saturated rings. The van der Waals surface area contributed by atoms with Crippen LogP contribution in [0, 0.1) is 0 Å². The Labute approximate surface area is 205 Å². The third-order valence-electron chi connectivity index (χ3n) is 6.22. The van der Waals surface area contributed by atoms with Crippen molar-refractivity contribution in [2.75, 3.05) is 6.54 Å². The molecule has 0 unspecified atom stereocenters. The molecule has 0 bridgehead atoms. The van der Waals surface area contributed by atoms with Crippen LogP contribution in [0.3, 0.4) is 0 Å². The van der Waals surface area contributed by atoms with Gasteiger partial charge in [-0.25, -0.2) is 0 Å². The molecule has 1 aliphatic heterocycles. The van der Waals surface area contributed by atoms with E-state index in [2.05, 4.69) is 0 Å². The van der Waals surface area contributed by atoms with E-state index in [4.69, 9.17) is 0 Å². The van der Waals surface area contributed by atoms with Gasteiger partial charge >= 0.3 is 0 Å². The molecule has 0 aliphatic carbocycles. The number of rotatable bonds is 6. The van der Waals surface area contributed by atoms with Gasteiger partial charge in [0.25, 0.3) is 5.91 Å². The minimum absolute atomic E-state index is 0.159. The minimum Gasteiger partial charge on any atom is -0.307 e. The molecule has 0 saturated heterocycles. The molecule has 1 heterocycles. The molecule has 1 amide bonds. The molecule has 0 spiro atoms. The van der Waals surface area contributed by atoms with Crippen LogP contribution in [0.5, 0.6) is 0 Å². The summed E-state index contributed by atoms with van der Waals surface area (Å²) in [4.78, 5) is 30.0. The fraction of sp³-hybridized carbons (Fsp3) is 0.0625. The van der Waals surface area contributed by atoms with Gasteiger partial charge in [0.05, 0.1) is 16.8 Å². The van der Waals surface area contributed by atoms with Crippen LogP contribution < -0.4 is 0 Å². The average molecular weight is 456 g/mol. The molecule has 3 nitrogen and oxygen atoms in total. The molecule has 0 saturated carbocycles. The lowest BCUT2D eigenvalue weighted by atomic mass is 9.86. The van der Waals surface area contributed by atoms with Crippen LogP contribution in [0.4, 0.5) is 0 Å². The first-order valence-corrected chi connectivity index (χ1v) is 11.8. The van der Waals surface area contributed by atoms with Crippen molar-refractivity contribution in [3.63, 3.8) is 0 Å². The van der Waals surface area contributed by atoms with Gasteiger partial charge in [-0.2, -0.15) is 0 Å². The lowest BCUT2D eigenvalue weighted by molar-refractivity contribution is -0.122. The maximum Gasteiger partial charge on any atom is 0.259 e. The van der Waals surface area contributed by atoms with E-state index >= 15 is 0 Å². The number of amides is 1. The van der Waals surface area contributed by atoms with Gasteiger partial charge in [0.15, 0.2) is 5.78 Å². The fourth-order valence-electron chi connectivity index (χ4n) is 4.65. The van der Waals surface area contributed by atoms with Crippen LogP contribution in [0.1, 0.15) is 34.0 Å². The second-order valence-electron chi connectivity index (χ2n) is 8.32. The number of carbonyl (C=O) groups excluding carboxylic acids is 2. The van der Waals surface area contributed by atoms with Crippen molar-refractivity contribution in [1.82, 2.24) is 4.90 Å². The highest BCUT2D eigenvalue weighted by Crippen LogP contribution is 2.43. The van der Waals surface area contributed by atoms with Crippen molar-refractivity contribution < 1.29 is 9.59 Å². The molecule has 0 atom stereocenters. The Kier molecular flexibility index (Phi) is 6.23. The molecule has 0 radical (unpaired) electrons. The minimum atomic E-state index is -0.159. The lowest BCUT2D eigenvalue weighted by Gasteiger charge is -2.19. The molecule has 170 valence electrons. The molecular formula is C32H25NO2. The van der Waals surface area contributed by atoms with Gasteiger partial charge in [0, 0.05) is 17.7 Å². The van der Waals surface area contributed by atoms with Crippen molar-refractivity contribution in [3.05, 3.63) is 155 Å². The number of ketones is 1. The lowest BCUT2D eigenvalue weighted by Crippen LogP contribution is -2.25. The zero-order valence-corrected chi connectivity index (χ0v) is 19.5. The number of benzene rings is 4. The van der Waals surface area contributed by atoms with Crippen molar-refractivity contribution >= 4 is 23.0 Å². The summed E-state index contributed by atoms with van der Waals surface area (Å²) in [7, 11) is 0. The molecule has 1 aliphatic rings. The molecule has 4 aromatic carbocycles. The summed E-state index contributed by atoms with van der Waals surface area (Å²) in [5.74, 6) is -0.318. The van der Waals surface area contributed by atoms with E-state index in [9.17, 15) is 9.59 Å². The Bertz CT molecular complexity index is 1380. The van der Waals surface area contributed by atoms with Crippen LogP contribution in [-0.2, 0) is 4.79 Å². The zero-order valence-electron chi connectivity index (χ0n) is 19.5. The quantitative estimate of drug-likeness (QED) is 0.241. The number of hydrogen-bond donors (Lipinski definition) is 0. The van der Waals surface area contributed by atoms with Crippen molar-refractivity contribution in [3.8, 4) is 0 Å². The summed E-state index contributed by atoms with van der Waals surface area (Å²) in [6, 6.07) is 38.6. The third-order valence-corrected chi connectivity index (χ3v) is 6.22. The third kappa shape index (κ3) is 4.13. The number of likely N-dealkylation sites (N-methyl/N-ethyl adjacent to an activating group) is 1. The van der Waals surface area contributed by atoms with E-state index in [-0.39, 0.29) is 11.7 Å². The highest BCUT2D eigenvalue weighted by Gasteiger charge is 2.40. The van der Waals surface area contributed by atoms with Gasteiger partial charge in [-0.05, 0) is 23.6 Å². The topological polar surface area (TPSA) is 37.4 Å². The van der Waals surface area contributed by atoms with E-state index in [0.717, 1.165) is 22.3 Å². The van der Waals surface area contributed by atoms with Crippen LogP contribution in [-0.4, -0.2) is 23.1 Å². The van der Waals surface area contributed by atoms with Gasteiger partial charge in [-0.1, -0.05) is 121 Å². The number of Topliss-reactive ketones (excluding diaryl/α,β-unsaturated/α-hetero) is 1. The predicted octanol–water partition coefficient (Wildman–Crippen LogP) is 6.64. The first-order valence-electron chi connectivity index (χ1n) is 11.8. The van der Waals surface area contributed by atoms with Crippen LogP contribution in [0.2, 0.25) is 0 Å². The summed E-state index contributed by atoms with van der Waals surface area (Å²) in [6.07, 6.45) is 0. The van der Waals surface area contributed by atoms with Gasteiger partial charge in [-0.3, -0.25) is 9.59 Å². The standard InChI is InChI=1S/C32H25NO2/c1-2-33-30(25-19-11-5-12-20-25)29(31(34)26-21-13-6-14-22-26)28(32(33)35)27(23-15-7-3-8-16-23)24-17-9-4-10-18-24/h3-22H,2H2,1H3. The monoisotopic (exact) mass is 455 g/mol. The Morgan fingerprint density at radius 2 is 1.06 bits per heavy atom. The van der Waals surface area contributed by atoms with E-state index in [1.165, 1.54) is 0 Å². The highest BCUT2D eigenvalue weighted by atomic mass is 16.2. The van der Waals surface area contributed by atoms with E-state index in [1.54, 1.807) is 17.0 Å². The summed E-state index contributed by atoms with van der Waals surface area (Å²) < 4.78 is 0. The smallest absolute Gasteiger partial charge is 0.259 e. The summed E-state index contributed by atoms with van der Waals surface area (Å²) >= 11 is 0. The fourth-order valence-corrected chi connectivity index (χ4v) is 4.65. The Morgan fingerprint density at radius 3 is 1.51 bits per heavy atom. The first kappa shape index (κ1) is 22.3. The Morgan fingerprint density at radius 1 is 0.629 bits per heavy atom. The molecule has 35 heavy (non-hydrogen) atoms. The van der Waals surface area contributed by atoms with Crippen molar-refractivity contribution in [2.45, 2.75) is 6.92 Å². The largest absolute Gasteiger partial charge is 0.307 e. The van der Waals surface area contributed by atoms with E-state index in [0.29, 0.717) is 29.0 Å². The molecule has 0 N–H and O–H groups in total. The first-order chi connectivity index (χ1) is 17.2. The average Bonchev–Trinajstić information content (AvgIpc) is 3.22. The molecule has 5 rings (SSSR count). The zero-order chi connectivity index (χ0) is 24.2. The maximum absolute atomic E-state index is 14.1. The summed E-state index contributed by atoms with van der Waals surface area (Å²) in [5, 5.41) is 0. The number of hydrogen-bond acceptors (Lipinski definition) is 2. The maximum atomic E-state index is 14.1. The van der Waals surface area contributed by atoms with Gasteiger partial charge < -0.3 is 4.90 Å². The molecule has 0 aromatic heterocycles. The van der Waals surface area contributed by atoms with Crippen molar-refractivity contribution in [2.24, 2.45) is 0 Å². The molecule has 4 aromatic rings. The van der Waals surface area contributed by atoms with E-state index in [1.807, 2.05) is 116 Å². The van der Waals surface area contributed by atoms with Crippen molar-refractivity contribution in [1.29, 1.82) is 0 Å². The van der Waals surface area contributed by atoms with Gasteiger partial charge in [-0.15, -0.1) is 0 Å². The second-order valence-corrected chi connectivity index (χ2v) is 8.32. The SMILES string of the molecule is CCN1C(=O)C(=C(c2ccccc2)c2ccccc2)C(C(=O)c2ccccc2)=C1c1ccccc1. The molecular weight excluding hydrogens is 430 g/mol. The Balaban J connectivity index is 1.90. The summed E-state index contributed by atoms with van der Waals surface area (Å²) in [5.41, 5.74) is 5.49.